The van der Waals surface area contributed by atoms with Gasteiger partial charge in [0.25, 0.3) is 0 Å². The zero-order valence-corrected chi connectivity index (χ0v) is 44.0. The molecule has 0 aromatic heterocycles. The molecule has 11 heterocycles. The number of rotatable bonds is 7. The van der Waals surface area contributed by atoms with E-state index in [1.165, 1.54) is 6.08 Å². The van der Waals surface area contributed by atoms with Crippen molar-refractivity contribution in [1.82, 2.24) is 0 Å². The van der Waals surface area contributed by atoms with Crippen molar-refractivity contribution in [2.75, 3.05) is 18.1 Å². The zero-order chi connectivity index (χ0) is 51.1. The summed E-state index contributed by atoms with van der Waals surface area (Å²) in [5, 5.41) is 31.5. The minimum absolute atomic E-state index is 0.0228. The Morgan fingerprint density at radius 3 is 2.28 bits per heavy atom. The number of carbonyl (C=O) groups is 2. The summed E-state index contributed by atoms with van der Waals surface area (Å²) in [6.07, 6.45) is 6.54. The summed E-state index contributed by atoms with van der Waals surface area (Å²) in [5.41, 5.74) is 1.78. The molecule has 11 rings (SSSR count). The molecule has 0 bridgehead atoms. The van der Waals surface area contributed by atoms with Gasteiger partial charge in [-0.15, -0.1) is 0 Å². The highest BCUT2D eigenvalue weighted by molar-refractivity contribution is 7.85. The van der Waals surface area contributed by atoms with Crippen molar-refractivity contribution in [1.29, 1.82) is 0 Å². The first kappa shape index (κ1) is 52.1. The molecule has 11 aliphatic heterocycles. The number of aliphatic hydroxyl groups excluding tert-OH is 2. The summed E-state index contributed by atoms with van der Waals surface area (Å²) in [7, 11) is -1.63. The quantitative estimate of drug-likeness (QED) is 0.211. The highest BCUT2D eigenvalue weighted by Gasteiger charge is 2.66. The van der Waals surface area contributed by atoms with Crippen LogP contribution < -0.4 is 5.73 Å². The number of hydrogen-bond acceptors (Lipinski definition) is 17. The van der Waals surface area contributed by atoms with E-state index in [-0.39, 0.29) is 110 Å². The molecular weight excluding hydrogens is 955 g/mol. The molecule has 5 N–H and O–H groups in total. The second-order valence-electron chi connectivity index (χ2n) is 24.9. The molecule has 9 fully saturated rings. The molecule has 0 aromatic carbocycles. The van der Waals surface area contributed by atoms with Crippen LogP contribution in [0.25, 0.3) is 0 Å². The van der Waals surface area contributed by atoms with Crippen LogP contribution in [0.15, 0.2) is 23.8 Å². The van der Waals surface area contributed by atoms with Crippen molar-refractivity contribution in [3.05, 3.63) is 23.8 Å². The Hall–Kier alpha value is -1.95. The van der Waals surface area contributed by atoms with E-state index in [0.29, 0.717) is 44.9 Å². The molecule has 26 atom stereocenters. The first-order valence-corrected chi connectivity index (χ1v) is 28.3. The molecule has 0 saturated carbocycles. The topological polar surface area (TPSA) is 239 Å². The molecule has 18 nitrogen and oxygen atoms in total. The van der Waals surface area contributed by atoms with Crippen LogP contribution in [0.5, 0.6) is 0 Å². The molecule has 0 aromatic rings. The van der Waals surface area contributed by atoms with E-state index < -0.39 is 86.8 Å². The standard InChI is InChI=1S/C53H79NO17S/c1-26-14-33-37(20-50(5)40(63-33)18-36-46(70-50)27(2)15-44(57)65-36)62-31-11-13-49(4)41(66-45(26)31)19-42-51(6,71-49)22-43-48(3,69-42)12-9-10-30-34(64-43)16-35-38(61-30)21-52(7)53(8,68-35)39(56)17-32(67-52)28(23-55)24-72(60)25-29(54)47(58)59/h9-10,15,26,28-43,45-46,55-56H,11-14,16-25,54H2,1-8H3,(H,58,59)/b10-9-/t26-,28?,29+,30-,31+,32+,33+,34+,35-,36+,37-,38+,39+,40-,41+,42-,43-,45-,46-,48+,49-,50+,51+,52-,53+,72?/m1/s1. The van der Waals surface area contributed by atoms with Crippen molar-refractivity contribution < 1.29 is 81.2 Å². The van der Waals surface area contributed by atoms with Gasteiger partial charge in [0.1, 0.15) is 30.0 Å². The lowest BCUT2D eigenvalue weighted by Crippen LogP contribution is -2.74. The number of nitrogens with two attached hydrogens (primary N) is 1. The summed E-state index contributed by atoms with van der Waals surface area (Å²) >= 11 is 0. The number of fused-ring (bicyclic) bond motifs is 10. The second kappa shape index (κ2) is 18.6. The maximum absolute atomic E-state index is 12.9. The third-order valence-electron chi connectivity index (χ3n) is 19.5. The van der Waals surface area contributed by atoms with E-state index in [0.717, 1.165) is 24.8 Å². The van der Waals surface area contributed by atoms with Crippen LogP contribution in [-0.2, 0) is 72.5 Å². The fraction of sp³-hybridized carbons (Fsp3) is 0.887. The third-order valence-corrected chi connectivity index (χ3v) is 21.0. The highest BCUT2D eigenvalue weighted by Crippen LogP contribution is 2.56. The summed E-state index contributed by atoms with van der Waals surface area (Å²) in [6.45, 7) is 16.2. The van der Waals surface area contributed by atoms with Crippen LogP contribution in [0.1, 0.15) is 126 Å². The highest BCUT2D eigenvalue weighted by atomic mass is 32.2. The molecule has 2 unspecified atom stereocenters. The van der Waals surface area contributed by atoms with Crippen LogP contribution in [-0.4, -0.2) is 187 Å². The van der Waals surface area contributed by atoms with Gasteiger partial charge in [0.2, 0.25) is 0 Å². The summed E-state index contributed by atoms with van der Waals surface area (Å²) in [5.74, 6) is -2.33. The van der Waals surface area contributed by atoms with Gasteiger partial charge >= 0.3 is 11.9 Å². The molecule has 19 heteroatoms. The Balaban J connectivity index is 0.759. The number of aliphatic hydroxyl groups is 2. The lowest BCUT2D eigenvalue weighted by Gasteiger charge is -2.62. The van der Waals surface area contributed by atoms with Crippen LogP contribution in [0.3, 0.4) is 0 Å². The predicted octanol–water partition coefficient (Wildman–Crippen LogP) is 3.49. The lowest BCUT2D eigenvalue weighted by molar-refractivity contribution is -0.370. The molecule has 0 amide bonds. The number of ether oxygens (including phenoxy) is 11. The molecule has 0 radical (unpaired) electrons. The van der Waals surface area contributed by atoms with Gasteiger partial charge in [-0.1, -0.05) is 19.1 Å². The van der Waals surface area contributed by atoms with E-state index in [1.807, 2.05) is 20.8 Å². The van der Waals surface area contributed by atoms with E-state index in [9.17, 15) is 29.1 Å². The third kappa shape index (κ3) is 8.93. The minimum Gasteiger partial charge on any atom is -0.480 e. The van der Waals surface area contributed by atoms with Gasteiger partial charge in [0, 0.05) is 85.9 Å². The van der Waals surface area contributed by atoms with Gasteiger partial charge in [0.15, 0.2) is 0 Å². The molecule has 72 heavy (non-hydrogen) atoms. The number of carboxylic acid groups (broad SMARTS) is 1. The number of aliphatic carboxylic acids is 1. The average molecular weight is 1030 g/mol. The van der Waals surface area contributed by atoms with Gasteiger partial charge in [-0.25, -0.2) is 4.79 Å². The van der Waals surface area contributed by atoms with Crippen molar-refractivity contribution in [3.63, 3.8) is 0 Å². The molecule has 0 aliphatic carbocycles. The minimum atomic E-state index is -1.63. The maximum atomic E-state index is 12.9. The van der Waals surface area contributed by atoms with Crippen LogP contribution >= 0.6 is 0 Å². The summed E-state index contributed by atoms with van der Waals surface area (Å²) in [4.78, 5) is 23.6. The molecule has 11 aliphatic rings. The number of hydrogen-bond donors (Lipinski definition) is 4. The Morgan fingerprint density at radius 2 is 1.51 bits per heavy atom. The number of carbonyl (C=O) groups excluding carboxylic acids is 1. The van der Waals surface area contributed by atoms with E-state index >= 15 is 0 Å². The van der Waals surface area contributed by atoms with Crippen molar-refractivity contribution in [2.24, 2.45) is 17.6 Å². The Morgan fingerprint density at radius 1 is 0.764 bits per heavy atom. The normalized spacial score (nSPS) is 54.4. The monoisotopic (exact) mass is 1030 g/mol. The number of carboxylic acids is 1. The van der Waals surface area contributed by atoms with E-state index in [2.05, 4.69) is 46.8 Å². The van der Waals surface area contributed by atoms with Crippen LogP contribution in [0, 0.1) is 11.8 Å². The number of esters is 1. The zero-order valence-electron chi connectivity index (χ0n) is 43.1. The fourth-order valence-electron chi connectivity index (χ4n) is 15.0. The Labute approximate surface area is 425 Å². The first-order chi connectivity index (χ1) is 33.9. The molecular formula is C53H79NO17S. The van der Waals surface area contributed by atoms with Gasteiger partial charge < -0.3 is 73.2 Å². The van der Waals surface area contributed by atoms with Gasteiger partial charge in [0.05, 0.1) is 107 Å². The largest absolute Gasteiger partial charge is 0.480 e. The fourth-order valence-corrected chi connectivity index (χ4v) is 16.5. The first-order valence-electron chi connectivity index (χ1n) is 26.8. The predicted molar refractivity (Wildman–Crippen MR) is 257 cm³/mol. The maximum Gasteiger partial charge on any atom is 0.331 e. The van der Waals surface area contributed by atoms with Crippen molar-refractivity contribution in [2.45, 2.75) is 263 Å². The van der Waals surface area contributed by atoms with Gasteiger partial charge in [-0.2, -0.15) is 0 Å². The van der Waals surface area contributed by atoms with E-state index in [4.69, 9.17) is 57.8 Å². The van der Waals surface area contributed by atoms with Crippen LogP contribution in [0.4, 0.5) is 0 Å². The lowest BCUT2D eigenvalue weighted by atomic mass is 9.69. The summed E-state index contributed by atoms with van der Waals surface area (Å²) in [6, 6.07) is -1.29. The molecule has 9 saturated heterocycles. The Kier molecular flexibility index (Phi) is 13.5. The molecule has 404 valence electrons. The van der Waals surface area contributed by atoms with Crippen LogP contribution in [0.2, 0.25) is 0 Å². The van der Waals surface area contributed by atoms with Crippen molar-refractivity contribution >= 4 is 22.7 Å². The van der Waals surface area contributed by atoms with Gasteiger partial charge in [-0.3, -0.25) is 9.00 Å². The van der Waals surface area contributed by atoms with E-state index in [1.54, 1.807) is 0 Å². The SMILES string of the molecule is CC1=CC(=O)O[C@H]2C[C@H]3O[C@H]4C[C@@H](C)[C@H]5O[C@H]6C[C@H]7O[C@@]8(C)C/C=C\[C@H]9O[C@H]%10C[C@@]%11(C)O[C@H](C(CO)CS(=O)C[C@H](N)C(=O)O)C[C@H](O)[C@]%11(C)O[C@@H]%10C[C@@H]9O[C@@H]8C[C@]7(C)O[C@]6(C)CC[C@@H]5O[C@@H]4C[C@]3(C)O[C@H]12. The van der Waals surface area contributed by atoms with Crippen molar-refractivity contribution in [3.8, 4) is 0 Å². The second-order valence-corrected chi connectivity index (χ2v) is 26.4. The summed E-state index contributed by atoms with van der Waals surface area (Å²) < 4.78 is 89.2. The Bertz CT molecular complexity index is 2200. The average Bonchev–Trinajstić information content (AvgIpc) is 3.50. The smallest absolute Gasteiger partial charge is 0.331 e. The van der Waals surface area contributed by atoms with Gasteiger partial charge in [-0.05, 0) is 85.6 Å². The molecule has 0 spiro atoms.